The average Bonchev–Trinajstić information content (AvgIpc) is 3.12. The zero-order chi connectivity index (χ0) is 11.7. The summed E-state index contributed by atoms with van der Waals surface area (Å²) >= 11 is 0. The van der Waals surface area contributed by atoms with Crippen LogP contribution in [0, 0.1) is 0 Å². The van der Waals surface area contributed by atoms with E-state index in [2.05, 4.69) is 15.5 Å². The summed E-state index contributed by atoms with van der Waals surface area (Å²) < 4.78 is 0. The smallest absolute Gasteiger partial charge is 0.237 e. The Labute approximate surface area is 103 Å². The van der Waals surface area contributed by atoms with Crippen LogP contribution in [-0.2, 0) is 4.79 Å². The molecule has 2 N–H and O–H groups in total. The van der Waals surface area contributed by atoms with Gasteiger partial charge in [0.05, 0.1) is 6.04 Å². The van der Waals surface area contributed by atoms with Crippen molar-refractivity contribution < 1.29 is 4.79 Å². The zero-order valence-electron chi connectivity index (χ0n) is 10.5. The second-order valence-corrected chi connectivity index (χ2v) is 5.72. The minimum atomic E-state index is 0.0683. The van der Waals surface area contributed by atoms with Crippen LogP contribution in [0.2, 0.25) is 0 Å². The highest BCUT2D eigenvalue weighted by Crippen LogP contribution is 2.29. The summed E-state index contributed by atoms with van der Waals surface area (Å²) in [5.74, 6) is 0.229. The van der Waals surface area contributed by atoms with Crippen molar-refractivity contribution in [1.82, 2.24) is 15.5 Å². The quantitative estimate of drug-likeness (QED) is 0.750. The number of nitrogens with zero attached hydrogens (tertiary/aromatic N) is 1. The molecule has 0 aromatic rings. The second-order valence-electron chi connectivity index (χ2n) is 5.72. The molecule has 0 radical (unpaired) electrons. The van der Waals surface area contributed by atoms with Crippen LogP contribution in [0.3, 0.4) is 0 Å². The van der Waals surface area contributed by atoms with E-state index in [1.807, 2.05) is 0 Å². The summed E-state index contributed by atoms with van der Waals surface area (Å²) in [6.45, 7) is 3.24. The van der Waals surface area contributed by atoms with Crippen molar-refractivity contribution in [3.8, 4) is 0 Å². The lowest BCUT2D eigenvalue weighted by molar-refractivity contribution is -0.124. The van der Waals surface area contributed by atoms with Gasteiger partial charge in [0, 0.05) is 25.2 Å². The molecular formula is C13H23N3O. The number of carbonyl (C=O) groups excluding carboxylic acids is 1. The van der Waals surface area contributed by atoms with Crippen molar-refractivity contribution in [3.63, 3.8) is 0 Å². The number of likely N-dealkylation sites (tertiary alicyclic amines) is 1. The fraction of sp³-hybridized carbons (Fsp3) is 0.923. The number of piperidine rings is 1. The molecule has 4 nitrogen and oxygen atoms in total. The van der Waals surface area contributed by atoms with Gasteiger partial charge in [-0.3, -0.25) is 9.69 Å². The second kappa shape index (κ2) is 4.94. The molecule has 1 saturated carbocycles. The molecule has 2 aliphatic heterocycles. The van der Waals surface area contributed by atoms with Crippen molar-refractivity contribution in [2.45, 2.75) is 56.7 Å². The zero-order valence-corrected chi connectivity index (χ0v) is 10.5. The number of rotatable bonds is 3. The topological polar surface area (TPSA) is 44.4 Å². The van der Waals surface area contributed by atoms with Gasteiger partial charge in [-0.15, -0.1) is 0 Å². The molecule has 2 atom stereocenters. The Hall–Kier alpha value is -0.610. The van der Waals surface area contributed by atoms with Gasteiger partial charge >= 0.3 is 0 Å². The molecule has 0 spiro atoms. The molecule has 3 aliphatic rings. The predicted molar refractivity (Wildman–Crippen MR) is 66.8 cm³/mol. The predicted octanol–water partition coefficient (Wildman–Crippen LogP) is 0.481. The third kappa shape index (κ3) is 2.80. The molecule has 0 bridgehead atoms. The maximum Gasteiger partial charge on any atom is 0.237 e. The van der Waals surface area contributed by atoms with Gasteiger partial charge in [-0.2, -0.15) is 0 Å². The molecule has 2 heterocycles. The summed E-state index contributed by atoms with van der Waals surface area (Å²) in [5.41, 5.74) is 0. The van der Waals surface area contributed by atoms with Gasteiger partial charge in [-0.05, 0) is 38.6 Å². The lowest BCUT2D eigenvalue weighted by atomic mass is 10.0. The Morgan fingerprint density at radius 1 is 1.18 bits per heavy atom. The maximum absolute atomic E-state index is 12.1. The van der Waals surface area contributed by atoms with Crippen LogP contribution in [0.5, 0.6) is 0 Å². The van der Waals surface area contributed by atoms with E-state index in [1.54, 1.807) is 0 Å². The molecule has 3 fully saturated rings. The molecule has 17 heavy (non-hydrogen) atoms. The SMILES string of the molecule is O=C(NC1CCN(C2CC2)C1)[C@@H]1CCCCN1. The number of amides is 1. The summed E-state index contributed by atoms with van der Waals surface area (Å²) in [4.78, 5) is 14.6. The van der Waals surface area contributed by atoms with Crippen molar-refractivity contribution >= 4 is 5.91 Å². The first-order valence-corrected chi connectivity index (χ1v) is 7.11. The molecule has 1 aliphatic carbocycles. The molecule has 0 aromatic heterocycles. The van der Waals surface area contributed by atoms with Crippen LogP contribution in [0.4, 0.5) is 0 Å². The summed E-state index contributed by atoms with van der Waals surface area (Å²) in [6.07, 6.45) is 7.27. The lowest BCUT2D eigenvalue weighted by Gasteiger charge is -2.24. The van der Waals surface area contributed by atoms with Gasteiger partial charge in [0.15, 0.2) is 0 Å². The minimum absolute atomic E-state index is 0.0683. The monoisotopic (exact) mass is 237 g/mol. The molecule has 2 saturated heterocycles. The van der Waals surface area contributed by atoms with E-state index in [-0.39, 0.29) is 11.9 Å². The third-order valence-corrected chi connectivity index (χ3v) is 4.26. The number of hydrogen-bond donors (Lipinski definition) is 2. The maximum atomic E-state index is 12.1. The van der Waals surface area contributed by atoms with Crippen LogP contribution >= 0.6 is 0 Å². The Bertz CT molecular complexity index is 284. The number of nitrogens with one attached hydrogen (secondary N) is 2. The van der Waals surface area contributed by atoms with Gasteiger partial charge < -0.3 is 10.6 Å². The van der Waals surface area contributed by atoms with Crippen molar-refractivity contribution in [3.05, 3.63) is 0 Å². The minimum Gasteiger partial charge on any atom is -0.351 e. The molecular weight excluding hydrogens is 214 g/mol. The third-order valence-electron chi connectivity index (χ3n) is 4.26. The summed E-state index contributed by atoms with van der Waals surface area (Å²) in [7, 11) is 0. The van der Waals surface area contributed by atoms with E-state index in [9.17, 15) is 4.79 Å². The van der Waals surface area contributed by atoms with Crippen LogP contribution < -0.4 is 10.6 Å². The van der Waals surface area contributed by atoms with Crippen molar-refractivity contribution in [1.29, 1.82) is 0 Å². The van der Waals surface area contributed by atoms with E-state index < -0.39 is 0 Å². The Balaban J connectivity index is 1.44. The Morgan fingerprint density at radius 2 is 2.06 bits per heavy atom. The first-order chi connectivity index (χ1) is 8.33. The van der Waals surface area contributed by atoms with Gasteiger partial charge in [-0.25, -0.2) is 0 Å². The normalized spacial score (nSPS) is 34.8. The van der Waals surface area contributed by atoms with E-state index in [4.69, 9.17) is 0 Å². The highest BCUT2D eigenvalue weighted by atomic mass is 16.2. The first-order valence-electron chi connectivity index (χ1n) is 7.11. The lowest BCUT2D eigenvalue weighted by Crippen LogP contribution is -2.50. The highest BCUT2D eigenvalue weighted by Gasteiger charge is 2.35. The summed E-state index contributed by atoms with van der Waals surface area (Å²) in [5, 5.41) is 6.53. The summed E-state index contributed by atoms with van der Waals surface area (Å²) in [6, 6.07) is 1.30. The van der Waals surface area contributed by atoms with Gasteiger partial charge in [0.25, 0.3) is 0 Å². The molecule has 0 aromatic carbocycles. The number of carbonyl (C=O) groups is 1. The highest BCUT2D eigenvalue weighted by molar-refractivity contribution is 5.82. The van der Waals surface area contributed by atoms with Crippen molar-refractivity contribution in [2.24, 2.45) is 0 Å². The fourth-order valence-corrected chi connectivity index (χ4v) is 3.05. The molecule has 1 unspecified atom stereocenters. The van der Waals surface area contributed by atoms with Crippen LogP contribution in [0.15, 0.2) is 0 Å². The standard InChI is InChI=1S/C13H23N3O/c17-13(12-3-1-2-7-14-12)15-10-6-8-16(9-10)11-4-5-11/h10-12,14H,1-9H2,(H,15,17)/t10?,12-/m0/s1. The first kappa shape index (κ1) is 11.5. The van der Waals surface area contributed by atoms with Crippen LogP contribution in [0.25, 0.3) is 0 Å². The Kier molecular flexibility index (Phi) is 3.34. The van der Waals surface area contributed by atoms with Crippen LogP contribution in [-0.4, -0.2) is 48.6 Å². The van der Waals surface area contributed by atoms with E-state index in [0.29, 0.717) is 6.04 Å². The van der Waals surface area contributed by atoms with E-state index in [0.717, 1.165) is 32.0 Å². The fourth-order valence-electron chi connectivity index (χ4n) is 3.05. The molecule has 96 valence electrons. The number of hydrogen-bond acceptors (Lipinski definition) is 3. The molecule has 1 amide bonds. The molecule has 3 rings (SSSR count). The van der Waals surface area contributed by atoms with Gasteiger partial charge in [0.1, 0.15) is 0 Å². The van der Waals surface area contributed by atoms with E-state index >= 15 is 0 Å². The van der Waals surface area contributed by atoms with Gasteiger partial charge in [-0.1, -0.05) is 6.42 Å². The Morgan fingerprint density at radius 3 is 2.76 bits per heavy atom. The van der Waals surface area contributed by atoms with E-state index in [1.165, 1.54) is 32.2 Å². The van der Waals surface area contributed by atoms with Gasteiger partial charge in [0.2, 0.25) is 5.91 Å². The average molecular weight is 237 g/mol. The molecule has 4 heteroatoms. The van der Waals surface area contributed by atoms with Crippen LogP contribution in [0.1, 0.15) is 38.5 Å². The van der Waals surface area contributed by atoms with Crippen molar-refractivity contribution in [2.75, 3.05) is 19.6 Å². The largest absolute Gasteiger partial charge is 0.351 e.